The number of aliphatic carboxylic acids is 1. The number of aromatic nitrogens is 1. The molecule has 0 aliphatic carbocycles. The van der Waals surface area contributed by atoms with Gasteiger partial charge in [0.2, 0.25) is 0 Å². The van der Waals surface area contributed by atoms with Gasteiger partial charge >= 0.3 is 12.1 Å². The number of halogens is 3. The largest absolute Gasteiger partial charge is 0.481 e. The van der Waals surface area contributed by atoms with Crippen molar-refractivity contribution in [1.29, 1.82) is 0 Å². The molecule has 0 saturated carbocycles. The molecule has 0 radical (unpaired) electrons. The molecular weight excluding hydrogens is 519 g/mol. The van der Waals surface area contributed by atoms with Gasteiger partial charge in [0, 0.05) is 39.4 Å². The molecule has 0 aliphatic heterocycles. The molecule has 0 amide bonds. The summed E-state index contributed by atoms with van der Waals surface area (Å²) in [5.74, 6) is -0.607. The van der Waals surface area contributed by atoms with Crippen LogP contribution in [0.15, 0.2) is 70.5 Å². The molecule has 1 aromatic heterocycles. The lowest BCUT2D eigenvalue weighted by molar-refractivity contribution is -0.147. The fourth-order valence-electron chi connectivity index (χ4n) is 4.59. The van der Waals surface area contributed by atoms with E-state index in [-0.39, 0.29) is 6.42 Å². The summed E-state index contributed by atoms with van der Waals surface area (Å²) in [7, 11) is 0. The first-order valence-electron chi connectivity index (χ1n) is 13.0. The molecule has 3 nitrogen and oxygen atoms in total. The van der Waals surface area contributed by atoms with Crippen LogP contribution in [-0.2, 0) is 23.9 Å². The number of carbonyl (C=O) groups is 1. The number of alkyl halides is 3. The Morgan fingerprint density at radius 3 is 2.18 bits per heavy atom. The van der Waals surface area contributed by atoms with E-state index in [2.05, 4.69) is 68.7 Å². The molecule has 0 saturated heterocycles. The number of hydrogen-bond donors (Lipinski definition) is 1. The van der Waals surface area contributed by atoms with Gasteiger partial charge in [0.1, 0.15) is 0 Å². The van der Waals surface area contributed by atoms with Crippen molar-refractivity contribution in [2.75, 3.05) is 0 Å². The zero-order valence-electron chi connectivity index (χ0n) is 23.1. The Labute approximate surface area is 232 Å². The lowest BCUT2D eigenvalue weighted by Gasteiger charge is -2.22. The van der Waals surface area contributed by atoms with Crippen molar-refractivity contribution in [3.05, 3.63) is 94.2 Å². The number of fused-ring (bicyclic) bond motifs is 1. The second-order valence-electron chi connectivity index (χ2n) is 11.2. The molecule has 3 aromatic carbocycles. The van der Waals surface area contributed by atoms with Crippen molar-refractivity contribution in [3.63, 3.8) is 0 Å². The van der Waals surface area contributed by atoms with Gasteiger partial charge in [-0.2, -0.15) is 13.2 Å². The fourth-order valence-corrected chi connectivity index (χ4v) is 5.78. The molecule has 0 unspecified atom stereocenters. The molecule has 0 aliphatic rings. The van der Waals surface area contributed by atoms with Gasteiger partial charge in [0.15, 0.2) is 0 Å². The summed E-state index contributed by atoms with van der Waals surface area (Å²) in [6.07, 6.45) is -4.14. The van der Waals surface area contributed by atoms with E-state index in [1.54, 1.807) is 25.6 Å². The highest BCUT2D eigenvalue weighted by molar-refractivity contribution is 7.99. The Morgan fingerprint density at radius 1 is 0.949 bits per heavy atom. The average molecular weight is 554 g/mol. The Morgan fingerprint density at radius 2 is 1.62 bits per heavy atom. The Kier molecular flexibility index (Phi) is 7.95. The summed E-state index contributed by atoms with van der Waals surface area (Å²) >= 11 is 1.61. The zero-order valence-corrected chi connectivity index (χ0v) is 23.9. The molecule has 0 fully saturated rings. The van der Waals surface area contributed by atoms with E-state index in [1.165, 1.54) is 28.8 Å². The maximum atomic E-state index is 13.2. The normalized spacial score (nSPS) is 12.5. The van der Waals surface area contributed by atoms with Gasteiger partial charge in [-0.1, -0.05) is 49.9 Å². The van der Waals surface area contributed by atoms with Gasteiger partial charge in [0.05, 0.1) is 11.0 Å². The second kappa shape index (κ2) is 10.8. The predicted molar refractivity (Wildman–Crippen MR) is 152 cm³/mol. The van der Waals surface area contributed by atoms with Crippen LogP contribution in [0.25, 0.3) is 10.9 Å². The van der Waals surface area contributed by atoms with E-state index in [1.807, 2.05) is 0 Å². The highest BCUT2D eigenvalue weighted by Crippen LogP contribution is 2.43. The minimum absolute atomic E-state index is 0.266. The topological polar surface area (TPSA) is 42.2 Å². The minimum atomic E-state index is -4.40. The number of rotatable bonds is 8. The van der Waals surface area contributed by atoms with E-state index in [9.17, 15) is 23.1 Å². The van der Waals surface area contributed by atoms with E-state index in [0.29, 0.717) is 18.0 Å². The lowest BCUT2D eigenvalue weighted by atomic mass is 9.88. The molecule has 1 N–H and O–H groups in total. The minimum Gasteiger partial charge on any atom is -0.481 e. The number of benzene rings is 3. The maximum Gasteiger partial charge on any atom is 0.416 e. The first-order valence-corrected chi connectivity index (χ1v) is 13.8. The molecule has 4 rings (SSSR count). The van der Waals surface area contributed by atoms with E-state index < -0.39 is 23.1 Å². The van der Waals surface area contributed by atoms with Gasteiger partial charge in [-0.25, -0.2) is 0 Å². The zero-order chi connectivity index (χ0) is 28.7. The van der Waals surface area contributed by atoms with Crippen molar-refractivity contribution in [2.45, 2.75) is 76.4 Å². The van der Waals surface area contributed by atoms with Crippen LogP contribution in [0.3, 0.4) is 0 Å². The van der Waals surface area contributed by atoms with Gasteiger partial charge in [-0.05, 0) is 92.3 Å². The predicted octanol–water partition coefficient (Wildman–Crippen LogP) is 9.25. The summed E-state index contributed by atoms with van der Waals surface area (Å²) in [6, 6.07) is 17.8. The van der Waals surface area contributed by atoms with E-state index in [4.69, 9.17) is 0 Å². The van der Waals surface area contributed by atoms with E-state index >= 15 is 0 Å². The van der Waals surface area contributed by atoms with Crippen LogP contribution in [0.4, 0.5) is 13.2 Å². The standard InChI is InChI=1S/C32H34F3NO2S/c1-19(2)23-10-14-27-26(16-23)29(39-25-13-7-20(3)21(4)15-25)28(17-31(5,6)30(37)38)36(27)18-22-8-11-24(12-9-22)32(33,34)35/h7-16,19H,17-18H2,1-6H3,(H,37,38). The molecule has 4 aromatic rings. The van der Waals surface area contributed by atoms with Crippen molar-refractivity contribution in [3.8, 4) is 0 Å². The summed E-state index contributed by atoms with van der Waals surface area (Å²) in [5, 5.41) is 11.0. The van der Waals surface area contributed by atoms with Crippen molar-refractivity contribution in [2.24, 2.45) is 5.41 Å². The maximum absolute atomic E-state index is 13.2. The third-order valence-electron chi connectivity index (χ3n) is 7.32. The van der Waals surface area contributed by atoms with Gasteiger partial charge in [0.25, 0.3) is 0 Å². The number of aryl methyl sites for hydroxylation is 2. The Hall–Kier alpha value is -3.19. The first kappa shape index (κ1) is 28.8. The number of carboxylic acid groups (broad SMARTS) is 1. The molecule has 0 spiro atoms. The molecule has 0 bridgehead atoms. The van der Waals surface area contributed by atoms with Crippen LogP contribution < -0.4 is 0 Å². The van der Waals surface area contributed by atoms with Crippen LogP contribution in [0.1, 0.15) is 67.1 Å². The molecule has 0 atom stereocenters. The third kappa shape index (κ3) is 6.19. The van der Waals surface area contributed by atoms with Crippen LogP contribution in [0.2, 0.25) is 0 Å². The molecule has 1 heterocycles. The Bertz CT molecular complexity index is 1520. The van der Waals surface area contributed by atoms with E-state index in [0.717, 1.165) is 38.5 Å². The summed E-state index contributed by atoms with van der Waals surface area (Å²) in [4.78, 5) is 14.2. The van der Waals surface area contributed by atoms with Gasteiger partial charge in [-0.3, -0.25) is 4.79 Å². The van der Waals surface area contributed by atoms with Crippen molar-refractivity contribution < 1.29 is 23.1 Å². The summed E-state index contributed by atoms with van der Waals surface area (Å²) in [5.41, 5.74) is 4.30. The molecule has 206 valence electrons. The first-order chi connectivity index (χ1) is 18.2. The summed E-state index contributed by atoms with van der Waals surface area (Å²) in [6.45, 7) is 12.1. The quantitative estimate of drug-likeness (QED) is 0.236. The highest BCUT2D eigenvalue weighted by Gasteiger charge is 2.32. The highest BCUT2D eigenvalue weighted by atomic mass is 32.2. The van der Waals surface area contributed by atoms with Crippen LogP contribution >= 0.6 is 11.8 Å². The van der Waals surface area contributed by atoms with Crippen molar-refractivity contribution in [1.82, 2.24) is 4.57 Å². The Balaban J connectivity index is 1.94. The fraction of sp³-hybridized carbons (Fsp3) is 0.344. The molecular formula is C32H34F3NO2S. The van der Waals surface area contributed by atoms with Crippen LogP contribution in [-0.4, -0.2) is 15.6 Å². The molecule has 7 heteroatoms. The lowest BCUT2D eigenvalue weighted by Crippen LogP contribution is -2.27. The SMILES string of the molecule is Cc1ccc(Sc2c(CC(C)(C)C(=O)O)n(Cc3ccc(C(F)(F)F)cc3)c3ccc(C(C)C)cc23)cc1C. The molecule has 39 heavy (non-hydrogen) atoms. The number of hydrogen-bond acceptors (Lipinski definition) is 2. The summed E-state index contributed by atoms with van der Waals surface area (Å²) < 4.78 is 41.6. The third-order valence-corrected chi connectivity index (χ3v) is 8.47. The van der Waals surface area contributed by atoms with Gasteiger partial charge < -0.3 is 9.67 Å². The van der Waals surface area contributed by atoms with Gasteiger partial charge in [-0.15, -0.1) is 0 Å². The average Bonchev–Trinajstić information content (AvgIpc) is 3.12. The second-order valence-corrected chi connectivity index (χ2v) is 12.3. The van der Waals surface area contributed by atoms with Crippen molar-refractivity contribution >= 4 is 28.6 Å². The van der Waals surface area contributed by atoms with Crippen LogP contribution in [0, 0.1) is 19.3 Å². The number of carboxylic acids is 1. The van der Waals surface area contributed by atoms with Crippen LogP contribution in [0.5, 0.6) is 0 Å². The number of nitrogens with zero attached hydrogens (tertiary/aromatic N) is 1. The smallest absolute Gasteiger partial charge is 0.416 e. The monoisotopic (exact) mass is 553 g/mol.